The van der Waals surface area contributed by atoms with Gasteiger partial charge in [-0.3, -0.25) is 0 Å². The third-order valence-electron chi connectivity index (χ3n) is 3.29. The molecule has 5 heteroatoms. The third kappa shape index (κ3) is 1.56. The summed E-state index contributed by atoms with van der Waals surface area (Å²) < 4.78 is 5.26. The average Bonchev–Trinajstić information content (AvgIpc) is 2.37. The minimum atomic E-state index is -0.247. The SMILES string of the molecule is COC1=c2c(O)cc(O)cc2=C1c1ccc(O)c(O)c1. The van der Waals surface area contributed by atoms with Gasteiger partial charge in [-0.25, -0.2) is 0 Å². The number of hydrogen-bond acceptors (Lipinski definition) is 5. The van der Waals surface area contributed by atoms with E-state index in [1.807, 2.05) is 0 Å². The molecule has 4 N–H and O–H groups in total. The summed E-state index contributed by atoms with van der Waals surface area (Å²) in [5.41, 5.74) is 1.28. The summed E-state index contributed by atoms with van der Waals surface area (Å²) >= 11 is 0. The molecule has 5 nitrogen and oxygen atoms in total. The van der Waals surface area contributed by atoms with E-state index in [9.17, 15) is 20.4 Å². The normalized spacial score (nSPS) is 12.8. The molecule has 0 aliphatic heterocycles. The maximum atomic E-state index is 9.83. The van der Waals surface area contributed by atoms with Crippen LogP contribution in [0.5, 0.6) is 23.0 Å². The molecule has 0 unspecified atom stereocenters. The van der Waals surface area contributed by atoms with Gasteiger partial charge in [-0.15, -0.1) is 0 Å². The number of methoxy groups -OCH3 is 1. The van der Waals surface area contributed by atoms with Gasteiger partial charge in [0.15, 0.2) is 11.5 Å². The zero-order chi connectivity index (χ0) is 14.4. The van der Waals surface area contributed by atoms with Gasteiger partial charge in [0.2, 0.25) is 0 Å². The van der Waals surface area contributed by atoms with Gasteiger partial charge in [0.25, 0.3) is 0 Å². The van der Waals surface area contributed by atoms with Crippen molar-refractivity contribution in [2.75, 3.05) is 7.11 Å². The summed E-state index contributed by atoms with van der Waals surface area (Å²) in [4.78, 5) is 0. The van der Waals surface area contributed by atoms with Crippen molar-refractivity contribution in [3.63, 3.8) is 0 Å². The van der Waals surface area contributed by atoms with E-state index < -0.39 is 0 Å². The molecular weight excluding hydrogens is 260 g/mol. The summed E-state index contributed by atoms with van der Waals surface area (Å²) in [6, 6.07) is 7.13. The highest BCUT2D eigenvalue weighted by Gasteiger charge is 2.23. The molecule has 0 radical (unpaired) electrons. The Balaban J connectivity index is 2.31. The van der Waals surface area contributed by atoms with Gasteiger partial charge in [0.05, 0.1) is 12.3 Å². The van der Waals surface area contributed by atoms with Crippen molar-refractivity contribution in [2.45, 2.75) is 0 Å². The minimum Gasteiger partial charge on any atom is -0.508 e. The highest BCUT2D eigenvalue weighted by Crippen LogP contribution is 2.32. The standard InChI is InChI=1S/C15H12O5/c1-20-15-13(7-2-3-10(17)11(18)4-7)9-5-8(16)6-12(19)14(9)15/h2-6,16-19H,1H3. The van der Waals surface area contributed by atoms with Crippen molar-refractivity contribution < 1.29 is 25.2 Å². The Hall–Kier alpha value is -2.82. The topological polar surface area (TPSA) is 90.2 Å². The molecule has 0 heterocycles. The van der Waals surface area contributed by atoms with Crippen LogP contribution in [0.1, 0.15) is 5.56 Å². The van der Waals surface area contributed by atoms with Crippen LogP contribution in [-0.2, 0) is 4.74 Å². The van der Waals surface area contributed by atoms with Crippen molar-refractivity contribution in [1.29, 1.82) is 0 Å². The Morgan fingerprint density at radius 3 is 2.25 bits per heavy atom. The van der Waals surface area contributed by atoms with Crippen LogP contribution in [0.4, 0.5) is 0 Å². The maximum Gasteiger partial charge on any atom is 0.158 e. The zero-order valence-electron chi connectivity index (χ0n) is 10.6. The Kier molecular flexibility index (Phi) is 2.50. The molecule has 0 spiro atoms. The van der Waals surface area contributed by atoms with Crippen LogP contribution in [0.15, 0.2) is 30.3 Å². The lowest BCUT2D eigenvalue weighted by Crippen LogP contribution is -2.39. The van der Waals surface area contributed by atoms with Crippen molar-refractivity contribution in [1.82, 2.24) is 0 Å². The number of phenols is 4. The molecule has 0 saturated heterocycles. The summed E-state index contributed by atoms with van der Waals surface area (Å²) in [6.45, 7) is 0. The number of phenolic OH excluding ortho intramolecular Hbond substituents is 4. The first kappa shape index (κ1) is 12.2. The lowest BCUT2D eigenvalue weighted by Gasteiger charge is -2.20. The molecule has 102 valence electrons. The molecule has 3 rings (SSSR count). The van der Waals surface area contributed by atoms with Gasteiger partial charge in [-0.2, -0.15) is 0 Å². The Morgan fingerprint density at radius 2 is 1.60 bits per heavy atom. The maximum absolute atomic E-state index is 9.83. The molecule has 2 aromatic carbocycles. The first-order chi connectivity index (χ1) is 9.52. The monoisotopic (exact) mass is 272 g/mol. The lowest BCUT2D eigenvalue weighted by molar-refractivity contribution is 0.364. The second kappa shape index (κ2) is 4.09. The van der Waals surface area contributed by atoms with Gasteiger partial charge in [-0.1, -0.05) is 6.07 Å². The molecule has 0 atom stereocenters. The highest BCUT2D eigenvalue weighted by atomic mass is 16.5. The molecule has 2 aromatic rings. The van der Waals surface area contributed by atoms with E-state index in [1.54, 1.807) is 6.07 Å². The molecule has 0 saturated carbocycles. The molecule has 0 amide bonds. The molecule has 0 bridgehead atoms. The molecular formula is C15H12O5. The summed E-state index contributed by atoms with van der Waals surface area (Å²) in [5, 5.41) is 39.5. The van der Waals surface area contributed by atoms with E-state index in [2.05, 4.69) is 0 Å². The van der Waals surface area contributed by atoms with Gasteiger partial charge in [0, 0.05) is 16.9 Å². The van der Waals surface area contributed by atoms with E-state index in [4.69, 9.17) is 4.74 Å². The van der Waals surface area contributed by atoms with Gasteiger partial charge in [-0.05, 0) is 23.8 Å². The average molecular weight is 272 g/mol. The predicted molar refractivity (Wildman–Crippen MR) is 71.7 cm³/mol. The molecule has 20 heavy (non-hydrogen) atoms. The van der Waals surface area contributed by atoms with E-state index in [-0.39, 0.29) is 23.0 Å². The van der Waals surface area contributed by atoms with Crippen LogP contribution in [0.25, 0.3) is 11.3 Å². The van der Waals surface area contributed by atoms with Crippen LogP contribution in [0, 0.1) is 0 Å². The summed E-state index contributed by atoms with van der Waals surface area (Å²) in [6.07, 6.45) is 0. The predicted octanol–water partition coefficient (Wildman–Crippen LogP) is 0.476. The van der Waals surface area contributed by atoms with Crippen molar-refractivity contribution in [2.24, 2.45) is 0 Å². The first-order valence-corrected chi connectivity index (χ1v) is 5.90. The first-order valence-electron chi connectivity index (χ1n) is 5.90. The van der Waals surface area contributed by atoms with E-state index in [0.29, 0.717) is 27.3 Å². The fourth-order valence-electron chi connectivity index (χ4n) is 2.40. The van der Waals surface area contributed by atoms with Crippen molar-refractivity contribution in [3.8, 4) is 23.0 Å². The molecule has 1 aliphatic rings. The Labute approximate surface area is 113 Å². The second-order valence-electron chi connectivity index (χ2n) is 4.50. The Bertz CT molecular complexity index is 836. The zero-order valence-corrected chi connectivity index (χ0v) is 10.6. The molecule has 1 aliphatic carbocycles. The summed E-state index contributed by atoms with van der Waals surface area (Å²) in [7, 11) is 1.48. The summed E-state index contributed by atoms with van der Waals surface area (Å²) in [5.74, 6) is -0.113. The fourth-order valence-corrected chi connectivity index (χ4v) is 2.40. The van der Waals surface area contributed by atoms with E-state index in [1.165, 1.54) is 31.4 Å². The van der Waals surface area contributed by atoms with Crippen molar-refractivity contribution >= 4 is 11.3 Å². The third-order valence-corrected chi connectivity index (χ3v) is 3.29. The number of fused-ring (bicyclic) bond motifs is 1. The number of aromatic hydroxyl groups is 4. The van der Waals surface area contributed by atoms with Crippen LogP contribution in [0.2, 0.25) is 0 Å². The fraction of sp³-hybridized carbons (Fsp3) is 0.0667. The van der Waals surface area contributed by atoms with Crippen LogP contribution in [-0.4, -0.2) is 27.5 Å². The number of ether oxygens (including phenoxy) is 1. The van der Waals surface area contributed by atoms with E-state index in [0.717, 1.165) is 0 Å². The lowest BCUT2D eigenvalue weighted by atomic mass is 9.90. The molecule has 0 aromatic heterocycles. The van der Waals surface area contributed by atoms with Gasteiger partial charge in [0.1, 0.15) is 17.3 Å². The number of benzene rings is 2. The van der Waals surface area contributed by atoms with Crippen LogP contribution in [0.3, 0.4) is 0 Å². The molecule has 0 fully saturated rings. The second-order valence-corrected chi connectivity index (χ2v) is 4.50. The quantitative estimate of drug-likeness (QED) is 0.597. The highest BCUT2D eigenvalue weighted by molar-refractivity contribution is 6.00. The number of rotatable bonds is 2. The number of hydrogen-bond donors (Lipinski definition) is 4. The van der Waals surface area contributed by atoms with Gasteiger partial charge < -0.3 is 25.2 Å². The van der Waals surface area contributed by atoms with E-state index >= 15 is 0 Å². The van der Waals surface area contributed by atoms with Gasteiger partial charge >= 0.3 is 0 Å². The Morgan fingerprint density at radius 1 is 0.850 bits per heavy atom. The smallest absolute Gasteiger partial charge is 0.158 e. The minimum absolute atomic E-state index is 0.0584. The largest absolute Gasteiger partial charge is 0.508 e. The van der Waals surface area contributed by atoms with Crippen LogP contribution < -0.4 is 10.4 Å². The van der Waals surface area contributed by atoms with Crippen LogP contribution >= 0.6 is 0 Å². The van der Waals surface area contributed by atoms with Crippen molar-refractivity contribution in [3.05, 3.63) is 46.3 Å².